The van der Waals surface area contributed by atoms with Crippen molar-refractivity contribution in [2.45, 2.75) is 256 Å². The Morgan fingerprint density at radius 2 is 0.353 bits per heavy atom. The minimum Gasteiger partial charge on any atom is -0.396 e. The molecule has 0 saturated carbocycles. The van der Waals surface area contributed by atoms with Crippen molar-refractivity contribution in [2.75, 3.05) is 6.61 Å². The van der Waals surface area contributed by atoms with Crippen LogP contribution in [-0.2, 0) is 0 Å². The molecule has 51 heavy (non-hydrogen) atoms. The Morgan fingerprint density at radius 1 is 0.216 bits per heavy atom. The number of hydrogen-bond donors (Lipinski definition) is 1. The zero-order valence-corrected chi connectivity index (χ0v) is 37.7. The lowest BCUT2D eigenvalue weighted by Crippen LogP contribution is -2.03. The zero-order valence-electron chi connectivity index (χ0n) is 37.7. The molecule has 9 atom stereocenters. The summed E-state index contributed by atoms with van der Waals surface area (Å²) in [4.78, 5) is 0. The maximum atomic E-state index is 9.09. The van der Waals surface area contributed by atoms with Crippen LogP contribution in [0.2, 0.25) is 0 Å². The summed E-state index contributed by atoms with van der Waals surface area (Å²) in [7, 11) is 0. The van der Waals surface area contributed by atoms with E-state index in [9.17, 15) is 0 Å². The molecule has 1 heteroatoms. The summed E-state index contributed by atoms with van der Waals surface area (Å²) in [5.74, 6) is 8.84. The summed E-state index contributed by atoms with van der Waals surface area (Å²) in [6, 6.07) is 0. The molecule has 0 saturated heterocycles. The van der Waals surface area contributed by atoms with Crippen LogP contribution in [0.3, 0.4) is 0 Å². The maximum absolute atomic E-state index is 9.09. The molecule has 0 rings (SSSR count). The average Bonchev–Trinajstić information content (AvgIpc) is 3.04. The molecule has 0 aromatic carbocycles. The molecule has 1 N–H and O–H groups in total. The zero-order chi connectivity index (χ0) is 38.3. The van der Waals surface area contributed by atoms with Crippen molar-refractivity contribution >= 4 is 0 Å². The first-order valence-electron chi connectivity index (χ1n) is 23.9. The molecule has 0 amide bonds. The van der Waals surface area contributed by atoms with E-state index in [0.717, 1.165) is 59.7 Å². The van der Waals surface area contributed by atoms with Gasteiger partial charge in [0.1, 0.15) is 0 Å². The first kappa shape index (κ1) is 51.0. The molecule has 0 aromatic heterocycles. The molecule has 0 bridgehead atoms. The molecular formula is C50H102O. The first-order chi connectivity index (χ1) is 24.3. The summed E-state index contributed by atoms with van der Waals surface area (Å²) in [5, 5.41) is 9.09. The van der Waals surface area contributed by atoms with Crippen molar-refractivity contribution in [3.63, 3.8) is 0 Å². The SMILES string of the molecule is CC(C)CCCC(C)CCCC(C)CCCC(C)CCCC(C)CCCC(C)CCCC(C)CCCC(C)CCCC(C)CCCC(C)CCO. The quantitative estimate of drug-likeness (QED) is 0.0674. The topological polar surface area (TPSA) is 20.2 Å². The van der Waals surface area contributed by atoms with Crippen LogP contribution in [0, 0.1) is 59.2 Å². The highest BCUT2D eigenvalue weighted by molar-refractivity contribution is 4.65. The van der Waals surface area contributed by atoms with Gasteiger partial charge >= 0.3 is 0 Å². The van der Waals surface area contributed by atoms with Crippen LogP contribution >= 0.6 is 0 Å². The van der Waals surface area contributed by atoms with Gasteiger partial charge in [-0.2, -0.15) is 0 Å². The number of aliphatic hydroxyl groups is 1. The van der Waals surface area contributed by atoms with E-state index in [1.807, 2.05) is 0 Å². The Balaban J connectivity index is 3.72. The van der Waals surface area contributed by atoms with Crippen LogP contribution in [0.15, 0.2) is 0 Å². The standard InChI is InChI=1S/C50H102O/c1-41(2)21-12-22-42(3)23-13-24-43(4)25-14-26-44(5)27-15-28-45(6)29-16-30-46(7)31-17-32-47(8)33-18-34-48(9)35-19-36-49(10)37-20-38-50(11)39-40-51/h41-51H,12-40H2,1-11H3. The number of hydrogen-bond acceptors (Lipinski definition) is 1. The molecule has 0 aliphatic rings. The van der Waals surface area contributed by atoms with Gasteiger partial charge in [-0.3, -0.25) is 0 Å². The normalized spacial score (nSPS) is 17.6. The van der Waals surface area contributed by atoms with Gasteiger partial charge in [0.2, 0.25) is 0 Å². The van der Waals surface area contributed by atoms with Crippen LogP contribution in [0.5, 0.6) is 0 Å². The molecular weight excluding hydrogens is 617 g/mol. The van der Waals surface area contributed by atoms with Gasteiger partial charge in [0.05, 0.1) is 0 Å². The van der Waals surface area contributed by atoms with Crippen molar-refractivity contribution in [2.24, 2.45) is 59.2 Å². The third kappa shape index (κ3) is 35.4. The smallest absolute Gasteiger partial charge is 0.0433 e. The summed E-state index contributed by atoms with van der Waals surface area (Å²) in [5.41, 5.74) is 0. The Morgan fingerprint density at radius 3 is 0.490 bits per heavy atom. The fourth-order valence-electron chi connectivity index (χ4n) is 8.91. The van der Waals surface area contributed by atoms with Crippen LogP contribution in [0.1, 0.15) is 256 Å². The van der Waals surface area contributed by atoms with Crippen molar-refractivity contribution in [1.82, 2.24) is 0 Å². The van der Waals surface area contributed by atoms with Gasteiger partial charge < -0.3 is 5.11 Å². The average molecular weight is 719 g/mol. The lowest BCUT2D eigenvalue weighted by atomic mass is 9.88. The van der Waals surface area contributed by atoms with Crippen molar-refractivity contribution in [1.29, 1.82) is 0 Å². The molecule has 0 fully saturated rings. The van der Waals surface area contributed by atoms with Gasteiger partial charge in [0, 0.05) is 6.61 Å². The van der Waals surface area contributed by atoms with E-state index in [1.165, 1.54) is 173 Å². The highest BCUT2D eigenvalue weighted by atomic mass is 16.3. The number of aliphatic hydroxyl groups excluding tert-OH is 1. The second kappa shape index (κ2) is 34.5. The molecule has 1 nitrogen and oxygen atoms in total. The fraction of sp³-hybridized carbons (Fsp3) is 1.00. The largest absolute Gasteiger partial charge is 0.396 e. The fourth-order valence-corrected chi connectivity index (χ4v) is 8.91. The van der Waals surface area contributed by atoms with Crippen LogP contribution in [0.4, 0.5) is 0 Å². The predicted octanol–water partition coefficient (Wildman–Crippen LogP) is 17.3. The molecule has 0 heterocycles. The first-order valence-corrected chi connectivity index (χ1v) is 23.9. The summed E-state index contributed by atoms with van der Waals surface area (Å²) in [6.07, 6.45) is 39.5. The predicted molar refractivity (Wildman–Crippen MR) is 234 cm³/mol. The van der Waals surface area contributed by atoms with Gasteiger partial charge in [0.15, 0.2) is 0 Å². The van der Waals surface area contributed by atoms with Gasteiger partial charge in [-0.15, -0.1) is 0 Å². The summed E-state index contributed by atoms with van der Waals surface area (Å²) in [6.45, 7) is 27.4. The van der Waals surface area contributed by atoms with Crippen molar-refractivity contribution in [3.05, 3.63) is 0 Å². The molecule has 0 spiro atoms. The van der Waals surface area contributed by atoms with E-state index >= 15 is 0 Å². The second-order valence-corrected chi connectivity index (χ2v) is 20.2. The molecule has 308 valence electrons. The van der Waals surface area contributed by atoms with Gasteiger partial charge in [-0.25, -0.2) is 0 Å². The molecule has 9 unspecified atom stereocenters. The lowest BCUT2D eigenvalue weighted by molar-refractivity contribution is 0.255. The second-order valence-electron chi connectivity index (χ2n) is 20.2. The Bertz CT molecular complexity index is 699. The van der Waals surface area contributed by atoms with Crippen LogP contribution in [0.25, 0.3) is 0 Å². The van der Waals surface area contributed by atoms with Gasteiger partial charge in [-0.1, -0.05) is 250 Å². The van der Waals surface area contributed by atoms with Crippen molar-refractivity contribution in [3.8, 4) is 0 Å². The molecule has 0 aliphatic heterocycles. The Hall–Kier alpha value is -0.0400. The summed E-state index contributed by atoms with van der Waals surface area (Å²) < 4.78 is 0. The van der Waals surface area contributed by atoms with Crippen LogP contribution < -0.4 is 0 Å². The minimum absolute atomic E-state index is 0.352. The van der Waals surface area contributed by atoms with E-state index in [-0.39, 0.29) is 0 Å². The van der Waals surface area contributed by atoms with E-state index in [1.54, 1.807) is 0 Å². The van der Waals surface area contributed by atoms with Crippen molar-refractivity contribution < 1.29 is 5.11 Å². The van der Waals surface area contributed by atoms with E-state index < -0.39 is 0 Å². The molecule has 0 aromatic rings. The molecule has 0 radical (unpaired) electrons. The van der Waals surface area contributed by atoms with E-state index in [2.05, 4.69) is 76.2 Å². The Kier molecular flexibility index (Phi) is 34.4. The Labute approximate surface area is 325 Å². The number of rotatable bonds is 38. The third-order valence-electron chi connectivity index (χ3n) is 13.3. The lowest BCUT2D eigenvalue weighted by Gasteiger charge is -2.18. The van der Waals surface area contributed by atoms with E-state index in [0.29, 0.717) is 12.5 Å². The van der Waals surface area contributed by atoms with Gasteiger partial charge in [-0.05, 0) is 65.6 Å². The van der Waals surface area contributed by atoms with Gasteiger partial charge in [0.25, 0.3) is 0 Å². The molecule has 0 aliphatic carbocycles. The van der Waals surface area contributed by atoms with Crippen LogP contribution in [-0.4, -0.2) is 11.7 Å². The third-order valence-corrected chi connectivity index (χ3v) is 13.3. The highest BCUT2D eigenvalue weighted by Crippen LogP contribution is 2.27. The maximum Gasteiger partial charge on any atom is 0.0433 e. The minimum atomic E-state index is 0.352. The highest BCUT2D eigenvalue weighted by Gasteiger charge is 2.12. The monoisotopic (exact) mass is 719 g/mol. The summed E-state index contributed by atoms with van der Waals surface area (Å²) >= 11 is 0. The van der Waals surface area contributed by atoms with E-state index in [4.69, 9.17) is 5.11 Å².